The Morgan fingerprint density at radius 3 is 2.64 bits per heavy atom. The Bertz CT molecular complexity index is 1260. The number of rotatable bonds is 4. The number of aromatic nitrogens is 3. The molecule has 28 heavy (non-hydrogen) atoms. The lowest BCUT2D eigenvalue weighted by atomic mass is 10.2. The van der Waals surface area contributed by atoms with Gasteiger partial charge in [0, 0.05) is 18.3 Å². The van der Waals surface area contributed by atoms with Crippen LogP contribution in [-0.2, 0) is 0 Å². The molecule has 136 valence electrons. The molecule has 0 atom stereocenters. The first-order valence-electron chi connectivity index (χ1n) is 8.48. The van der Waals surface area contributed by atoms with Crippen LogP contribution in [0.4, 0.5) is 5.69 Å². The molecule has 0 fully saturated rings. The summed E-state index contributed by atoms with van der Waals surface area (Å²) >= 11 is 0. The summed E-state index contributed by atoms with van der Waals surface area (Å²) in [5, 5.41) is 11.5. The topological polar surface area (TPSA) is 90.9 Å². The lowest BCUT2D eigenvalue weighted by molar-refractivity contribution is -0.384. The minimum Gasteiger partial charge on any atom is -0.268 e. The van der Waals surface area contributed by atoms with Gasteiger partial charge in [0.15, 0.2) is 0 Å². The summed E-state index contributed by atoms with van der Waals surface area (Å²) in [6.45, 7) is 0. The number of para-hydroxylation sites is 1. The molecule has 0 aliphatic carbocycles. The number of pyridine rings is 1. The van der Waals surface area contributed by atoms with Gasteiger partial charge in [-0.15, -0.1) is 0 Å². The van der Waals surface area contributed by atoms with Crippen molar-refractivity contribution in [2.24, 2.45) is 0 Å². The third-order valence-corrected chi connectivity index (χ3v) is 4.21. The first kappa shape index (κ1) is 17.3. The highest BCUT2D eigenvalue weighted by Gasteiger charge is 2.11. The minimum atomic E-state index is -0.447. The third-order valence-electron chi connectivity index (χ3n) is 4.21. The third kappa shape index (κ3) is 3.28. The van der Waals surface area contributed by atoms with Crippen LogP contribution in [0.3, 0.4) is 0 Å². The molecular formula is C21H14N4O3. The predicted octanol–water partition coefficient (Wildman–Crippen LogP) is 3.86. The number of hydrogen-bond donors (Lipinski definition) is 0. The van der Waals surface area contributed by atoms with Crippen molar-refractivity contribution in [1.82, 2.24) is 14.5 Å². The van der Waals surface area contributed by atoms with Gasteiger partial charge in [-0.1, -0.05) is 30.3 Å². The van der Waals surface area contributed by atoms with Gasteiger partial charge in [-0.2, -0.15) is 0 Å². The van der Waals surface area contributed by atoms with Crippen molar-refractivity contribution in [3.8, 4) is 5.69 Å². The van der Waals surface area contributed by atoms with Gasteiger partial charge in [-0.05, 0) is 35.9 Å². The van der Waals surface area contributed by atoms with Gasteiger partial charge < -0.3 is 0 Å². The summed E-state index contributed by atoms with van der Waals surface area (Å²) in [5.74, 6) is 0.406. The number of benzene rings is 2. The second-order valence-electron chi connectivity index (χ2n) is 6.02. The summed E-state index contributed by atoms with van der Waals surface area (Å²) in [4.78, 5) is 32.3. The molecule has 2 aromatic carbocycles. The number of non-ortho nitro benzene ring substituents is 1. The fourth-order valence-corrected chi connectivity index (χ4v) is 2.91. The van der Waals surface area contributed by atoms with Crippen LogP contribution >= 0.6 is 0 Å². The van der Waals surface area contributed by atoms with E-state index in [0.717, 1.165) is 0 Å². The van der Waals surface area contributed by atoms with E-state index >= 15 is 0 Å². The average molecular weight is 370 g/mol. The molecule has 2 aromatic heterocycles. The number of nitrogens with zero attached hydrogens (tertiary/aromatic N) is 4. The maximum Gasteiger partial charge on any atom is 0.270 e. The molecule has 4 rings (SSSR count). The lowest BCUT2D eigenvalue weighted by Gasteiger charge is -2.10. The summed E-state index contributed by atoms with van der Waals surface area (Å²) in [6.07, 6.45) is 6.57. The molecule has 0 aliphatic rings. The zero-order valence-corrected chi connectivity index (χ0v) is 14.6. The van der Waals surface area contributed by atoms with Crippen LogP contribution in [-0.4, -0.2) is 19.5 Å². The number of nitro benzene ring substituents is 1. The van der Waals surface area contributed by atoms with E-state index in [1.807, 2.05) is 6.07 Å². The number of fused-ring (bicyclic) bond motifs is 1. The number of hydrogen-bond acceptors (Lipinski definition) is 5. The molecule has 2 heterocycles. The van der Waals surface area contributed by atoms with E-state index in [2.05, 4.69) is 9.97 Å². The Morgan fingerprint density at radius 2 is 1.86 bits per heavy atom. The molecule has 0 N–H and O–H groups in total. The molecule has 7 nitrogen and oxygen atoms in total. The van der Waals surface area contributed by atoms with E-state index in [0.29, 0.717) is 28.0 Å². The van der Waals surface area contributed by atoms with E-state index < -0.39 is 4.92 Å². The van der Waals surface area contributed by atoms with Crippen molar-refractivity contribution < 1.29 is 4.92 Å². The van der Waals surface area contributed by atoms with Crippen LogP contribution in [0, 0.1) is 10.1 Å². The van der Waals surface area contributed by atoms with Crippen LogP contribution in [0.1, 0.15) is 11.4 Å². The monoisotopic (exact) mass is 370 g/mol. The Labute approximate surface area is 159 Å². The quantitative estimate of drug-likeness (QED) is 0.402. The van der Waals surface area contributed by atoms with E-state index in [9.17, 15) is 14.9 Å². The average Bonchev–Trinajstić information content (AvgIpc) is 2.73. The molecular weight excluding hydrogens is 356 g/mol. The molecule has 0 saturated carbocycles. The largest absolute Gasteiger partial charge is 0.270 e. The molecule has 0 radical (unpaired) electrons. The van der Waals surface area contributed by atoms with Crippen molar-refractivity contribution in [2.75, 3.05) is 0 Å². The molecule has 0 aliphatic heterocycles. The second-order valence-corrected chi connectivity index (χ2v) is 6.02. The van der Waals surface area contributed by atoms with Gasteiger partial charge >= 0.3 is 0 Å². The Kier molecular flexibility index (Phi) is 4.47. The van der Waals surface area contributed by atoms with E-state index in [-0.39, 0.29) is 11.2 Å². The summed E-state index contributed by atoms with van der Waals surface area (Å²) < 4.78 is 1.48. The first-order chi connectivity index (χ1) is 13.6. The van der Waals surface area contributed by atoms with Gasteiger partial charge in [-0.25, -0.2) is 4.98 Å². The van der Waals surface area contributed by atoms with Crippen LogP contribution in [0.15, 0.2) is 77.9 Å². The Morgan fingerprint density at radius 1 is 1.00 bits per heavy atom. The van der Waals surface area contributed by atoms with Crippen molar-refractivity contribution >= 4 is 28.7 Å². The maximum absolute atomic E-state index is 13.1. The van der Waals surface area contributed by atoms with Crippen LogP contribution in [0.25, 0.3) is 28.7 Å². The van der Waals surface area contributed by atoms with Gasteiger partial charge in [0.25, 0.3) is 11.2 Å². The van der Waals surface area contributed by atoms with E-state index in [1.165, 1.54) is 16.7 Å². The highest BCUT2D eigenvalue weighted by Crippen LogP contribution is 2.17. The fourth-order valence-electron chi connectivity index (χ4n) is 2.91. The summed E-state index contributed by atoms with van der Waals surface area (Å²) in [5.41, 5.74) is 1.58. The van der Waals surface area contributed by atoms with Gasteiger partial charge in [-0.3, -0.25) is 24.5 Å². The Hall–Kier alpha value is -4.13. The van der Waals surface area contributed by atoms with Crippen molar-refractivity contribution in [1.29, 1.82) is 0 Å². The van der Waals surface area contributed by atoms with Crippen molar-refractivity contribution in [2.45, 2.75) is 0 Å². The van der Waals surface area contributed by atoms with Crippen LogP contribution < -0.4 is 5.56 Å². The SMILES string of the molecule is O=c1c2ccccc2nc(/C=C\c2cccc([N+](=O)[O-])c2)n1-c1cccnc1. The van der Waals surface area contributed by atoms with E-state index in [4.69, 9.17) is 0 Å². The minimum absolute atomic E-state index is 0.00160. The standard InChI is InChI=1S/C21H14N4O3/c26-21-18-8-1-2-9-19(18)23-20(24(21)17-7-4-12-22-14-17)11-10-15-5-3-6-16(13-15)25(27)28/h1-14H/b11-10-. The van der Waals surface area contributed by atoms with Crippen LogP contribution in [0.2, 0.25) is 0 Å². The fraction of sp³-hybridized carbons (Fsp3) is 0. The van der Waals surface area contributed by atoms with Gasteiger partial charge in [0.1, 0.15) is 5.82 Å². The summed E-state index contributed by atoms with van der Waals surface area (Å²) in [6, 6.07) is 16.9. The van der Waals surface area contributed by atoms with Crippen LogP contribution in [0.5, 0.6) is 0 Å². The van der Waals surface area contributed by atoms with Gasteiger partial charge in [0.05, 0.1) is 27.7 Å². The maximum atomic E-state index is 13.1. The molecule has 0 bridgehead atoms. The van der Waals surface area contributed by atoms with Gasteiger partial charge in [0.2, 0.25) is 0 Å². The highest BCUT2D eigenvalue weighted by atomic mass is 16.6. The molecule has 0 spiro atoms. The molecule has 0 saturated heterocycles. The summed E-state index contributed by atoms with van der Waals surface area (Å²) in [7, 11) is 0. The normalized spacial score (nSPS) is 11.1. The first-order valence-corrected chi connectivity index (χ1v) is 8.48. The van der Waals surface area contributed by atoms with Crippen molar-refractivity contribution in [3.05, 3.63) is 105 Å². The van der Waals surface area contributed by atoms with E-state index in [1.54, 1.807) is 67.0 Å². The molecule has 0 amide bonds. The highest BCUT2D eigenvalue weighted by molar-refractivity contribution is 5.80. The van der Waals surface area contributed by atoms with Crippen molar-refractivity contribution in [3.63, 3.8) is 0 Å². The lowest BCUT2D eigenvalue weighted by Crippen LogP contribution is -2.22. The number of nitro groups is 1. The molecule has 7 heteroatoms. The molecule has 4 aromatic rings. The zero-order valence-electron chi connectivity index (χ0n) is 14.6. The second kappa shape index (κ2) is 7.24. The predicted molar refractivity (Wildman–Crippen MR) is 107 cm³/mol. The molecule has 0 unspecified atom stereocenters. The zero-order chi connectivity index (χ0) is 19.5. The Balaban J connectivity index is 1.89. The smallest absolute Gasteiger partial charge is 0.268 e.